The number of hydrogen-bond acceptors (Lipinski definition) is 2. The number of amides is 1. The van der Waals surface area contributed by atoms with Crippen LogP contribution in [0.25, 0.3) is 0 Å². The molecule has 0 saturated carbocycles. The highest BCUT2D eigenvalue weighted by atomic mass is 16.5. The summed E-state index contributed by atoms with van der Waals surface area (Å²) in [4.78, 5) is 11.8. The molecule has 0 heterocycles. The van der Waals surface area contributed by atoms with E-state index in [2.05, 4.69) is 5.32 Å². The van der Waals surface area contributed by atoms with Crippen molar-refractivity contribution in [3.8, 4) is 0 Å². The van der Waals surface area contributed by atoms with Gasteiger partial charge in [-0.25, -0.2) is 4.79 Å². The van der Waals surface area contributed by atoms with Crippen LogP contribution in [0.3, 0.4) is 0 Å². The molecule has 0 fully saturated rings. The first-order valence-electron chi connectivity index (χ1n) is 6.21. The monoisotopic (exact) mass is 255 g/mol. The second-order valence-corrected chi connectivity index (χ2v) is 4.45. The first-order chi connectivity index (χ1) is 9.16. The third kappa shape index (κ3) is 3.58. The van der Waals surface area contributed by atoms with E-state index in [9.17, 15) is 4.79 Å². The molecule has 0 spiro atoms. The molecule has 3 nitrogen and oxygen atoms in total. The van der Waals surface area contributed by atoms with E-state index in [0.29, 0.717) is 0 Å². The Morgan fingerprint density at radius 3 is 2.26 bits per heavy atom. The summed E-state index contributed by atoms with van der Waals surface area (Å²) in [6, 6.07) is 15.5. The number of aryl methyl sites for hydroxylation is 2. The van der Waals surface area contributed by atoms with Gasteiger partial charge in [0.2, 0.25) is 0 Å². The summed E-state index contributed by atoms with van der Waals surface area (Å²) in [5.74, 6) is 0. The van der Waals surface area contributed by atoms with Gasteiger partial charge in [0.05, 0.1) is 0 Å². The van der Waals surface area contributed by atoms with Crippen molar-refractivity contribution in [1.82, 2.24) is 0 Å². The number of rotatable bonds is 3. The summed E-state index contributed by atoms with van der Waals surface area (Å²) in [5.41, 5.74) is 3.84. The highest BCUT2D eigenvalue weighted by molar-refractivity contribution is 5.86. The van der Waals surface area contributed by atoms with Crippen LogP contribution in [0.15, 0.2) is 48.5 Å². The lowest BCUT2D eigenvalue weighted by Crippen LogP contribution is -2.15. The molecule has 1 amide bonds. The summed E-state index contributed by atoms with van der Waals surface area (Å²) in [6.45, 7) is 4.19. The van der Waals surface area contributed by atoms with E-state index in [1.807, 2.05) is 62.4 Å². The Morgan fingerprint density at radius 1 is 1.00 bits per heavy atom. The summed E-state index contributed by atoms with van der Waals surface area (Å²) in [7, 11) is 0. The quantitative estimate of drug-likeness (QED) is 0.898. The maximum Gasteiger partial charge on any atom is 0.411 e. The van der Waals surface area contributed by atoms with Gasteiger partial charge >= 0.3 is 6.09 Å². The van der Waals surface area contributed by atoms with E-state index in [4.69, 9.17) is 4.74 Å². The molecule has 3 heteroatoms. The van der Waals surface area contributed by atoms with Crippen molar-refractivity contribution in [1.29, 1.82) is 0 Å². The van der Waals surface area contributed by atoms with Crippen LogP contribution in [0.4, 0.5) is 10.5 Å². The predicted molar refractivity (Wildman–Crippen MR) is 76.2 cm³/mol. The predicted octanol–water partition coefficient (Wildman–Crippen LogP) is 4.05. The standard InChI is InChI=1S/C16H17NO2/c1-12-7-6-8-13(2)15(12)17-16(18)19-11-14-9-4-3-5-10-14/h3-10H,11H2,1-2H3,(H,17,18). The second kappa shape index (κ2) is 6.05. The topological polar surface area (TPSA) is 38.3 Å². The molecule has 0 unspecified atom stereocenters. The summed E-state index contributed by atoms with van der Waals surface area (Å²) >= 11 is 0. The Kier molecular flexibility index (Phi) is 4.18. The molecule has 0 radical (unpaired) electrons. The molecule has 19 heavy (non-hydrogen) atoms. The highest BCUT2D eigenvalue weighted by Crippen LogP contribution is 2.19. The highest BCUT2D eigenvalue weighted by Gasteiger charge is 2.07. The van der Waals surface area contributed by atoms with Crippen molar-refractivity contribution >= 4 is 11.8 Å². The zero-order valence-electron chi connectivity index (χ0n) is 11.1. The lowest BCUT2D eigenvalue weighted by molar-refractivity contribution is 0.155. The number of anilines is 1. The largest absolute Gasteiger partial charge is 0.444 e. The first kappa shape index (κ1) is 13.1. The second-order valence-electron chi connectivity index (χ2n) is 4.45. The summed E-state index contributed by atoms with van der Waals surface area (Å²) in [5, 5.41) is 2.79. The number of para-hydroxylation sites is 1. The van der Waals surface area contributed by atoms with E-state index in [1.54, 1.807) is 0 Å². The molecule has 0 bridgehead atoms. The van der Waals surface area contributed by atoms with E-state index in [-0.39, 0.29) is 6.61 Å². The van der Waals surface area contributed by atoms with Crippen LogP contribution in [0, 0.1) is 13.8 Å². The molecule has 0 aliphatic carbocycles. The van der Waals surface area contributed by atoms with Crippen LogP contribution in [0.5, 0.6) is 0 Å². The smallest absolute Gasteiger partial charge is 0.411 e. The zero-order valence-corrected chi connectivity index (χ0v) is 11.1. The van der Waals surface area contributed by atoms with Crippen molar-refractivity contribution < 1.29 is 9.53 Å². The summed E-state index contributed by atoms with van der Waals surface area (Å²) < 4.78 is 5.19. The molecule has 2 rings (SSSR count). The Morgan fingerprint density at radius 2 is 1.63 bits per heavy atom. The Bertz CT molecular complexity index is 544. The number of carbonyl (C=O) groups excluding carboxylic acids is 1. The lowest BCUT2D eigenvalue weighted by Gasteiger charge is -2.11. The maximum atomic E-state index is 11.8. The number of hydrogen-bond donors (Lipinski definition) is 1. The molecule has 2 aromatic carbocycles. The molecule has 0 aromatic heterocycles. The van der Waals surface area contributed by atoms with Crippen LogP contribution in [-0.2, 0) is 11.3 Å². The molecular weight excluding hydrogens is 238 g/mol. The number of nitrogens with one attached hydrogen (secondary N) is 1. The first-order valence-corrected chi connectivity index (χ1v) is 6.21. The minimum atomic E-state index is -0.429. The van der Waals surface area contributed by atoms with Gasteiger partial charge in [-0.1, -0.05) is 48.5 Å². The van der Waals surface area contributed by atoms with Gasteiger partial charge in [0, 0.05) is 5.69 Å². The Balaban J connectivity index is 1.95. The van der Waals surface area contributed by atoms with Gasteiger partial charge in [-0.05, 0) is 30.5 Å². The minimum Gasteiger partial charge on any atom is -0.444 e. The van der Waals surface area contributed by atoms with Crippen molar-refractivity contribution in [3.63, 3.8) is 0 Å². The SMILES string of the molecule is Cc1cccc(C)c1NC(=O)OCc1ccccc1. The lowest BCUT2D eigenvalue weighted by atomic mass is 10.1. The fraction of sp³-hybridized carbons (Fsp3) is 0.188. The van der Waals surface area contributed by atoms with Crippen LogP contribution < -0.4 is 5.32 Å². The van der Waals surface area contributed by atoms with E-state index in [0.717, 1.165) is 22.4 Å². The van der Waals surface area contributed by atoms with Gasteiger partial charge in [0.1, 0.15) is 6.61 Å². The third-order valence-electron chi connectivity index (χ3n) is 2.92. The third-order valence-corrected chi connectivity index (χ3v) is 2.92. The van der Waals surface area contributed by atoms with Gasteiger partial charge in [-0.2, -0.15) is 0 Å². The van der Waals surface area contributed by atoms with Gasteiger partial charge in [0.15, 0.2) is 0 Å². The van der Waals surface area contributed by atoms with Gasteiger partial charge in [-0.3, -0.25) is 5.32 Å². The van der Waals surface area contributed by atoms with E-state index < -0.39 is 6.09 Å². The molecule has 0 saturated heterocycles. The van der Waals surface area contributed by atoms with Crippen LogP contribution in [-0.4, -0.2) is 6.09 Å². The van der Waals surface area contributed by atoms with Gasteiger partial charge in [-0.15, -0.1) is 0 Å². The van der Waals surface area contributed by atoms with E-state index >= 15 is 0 Å². The van der Waals surface area contributed by atoms with Crippen molar-refractivity contribution in [2.45, 2.75) is 20.5 Å². The van der Waals surface area contributed by atoms with Crippen molar-refractivity contribution in [2.24, 2.45) is 0 Å². The average molecular weight is 255 g/mol. The Labute approximate surface area is 113 Å². The normalized spacial score (nSPS) is 10.0. The molecule has 0 aliphatic rings. The van der Waals surface area contributed by atoms with Crippen molar-refractivity contribution in [2.75, 3.05) is 5.32 Å². The van der Waals surface area contributed by atoms with Crippen LogP contribution in [0.2, 0.25) is 0 Å². The molecular formula is C16H17NO2. The molecule has 2 aromatic rings. The molecule has 98 valence electrons. The molecule has 0 aliphatic heterocycles. The number of ether oxygens (including phenoxy) is 1. The average Bonchev–Trinajstić information content (AvgIpc) is 2.42. The van der Waals surface area contributed by atoms with Crippen LogP contribution >= 0.6 is 0 Å². The van der Waals surface area contributed by atoms with E-state index in [1.165, 1.54) is 0 Å². The fourth-order valence-electron chi connectivity index (χ4n) is 1.87. The number of benzene rings is 2. The van der Waals surface area contributed by atoms with Crippen molar-refractivity contribution in [3.05, 3.63) is 65.2 Å². The molecule has 1 N–H and O–H groups in total. The number of carbonyl (C=O) groups is 1. The fourth-order valence-corrected chi connectivity index (χ4v) is 1.87. The zero-order chi connectivity index (χ0) is 13.7. The van der Waals surface area contributed by atoms with Gasteiger partial charge in [0.25, 0.3) is 0 Å². The molecule has 0 atom stereocenters. The summed E-state index contributed by atoms with van der Waals surface area (Å²) in [6.07, 6.45) is -0.429. The Hall–Kier alpha value is -2.29. The minimum absolute atomic E-state index is 0.275. The maximum absolute atomic E-state index is 11.8. The van der Waals surface area contributed by atoms with Crippen LogP contribution in [0.1, 0.15) is 16.7 Å². The van der Waals surface area contributed by atoms with Gasteiger partial charge < -0.3 is 4.74 Å².